The van der Waals surface area contributed by atoms with E-state index in [2.05, 4.69) is 93.7 Å². The topological polar surface area (TPSA) is 61.8 Å². The summed E-state index contributed by atoms with van der Waals surface area (Å²) in [6.45, 7) is 7.47. The monoisotopic (exact) mass is 725 g/mol. The molecule has 0 heterocycles. The molecule has 0 rings (SSSR count). The maximum Gasteiger partial charge on any atom is 0.306 e. The highest BCUT2D eigenvalue weighted by Gasteiger charge is 2.17. The average molecular weight is 725 g/mol. The fourth-order valence-electron chi connectivity index (χ4n) is 5.47. The standard InChI is InChI=1S/C47H80O5/c1-4-7-10-13-16-19-22-23-24-27-30-33-36-39-42-50-43-45(52-47(49)41-38-35-32-29-26-21-18-15-12-9-6-3)44-51-46(48)40-37-34-31-28-25-20-17-14-11-8-5-2/h7,10,14-19,23-24,30,33,45H,4-6,8-9,11-13,20-22,25-29,31-32,34-44H2,1-3H3/b10-7-,17-14-,18-15-,19-16-,24-23-,33-30-. The Labute approximate surface area is 321 Å². The highest BCUT2D eigenvalue weighted by atomic mass is 16.6. The number of hydrogen-bond donors (Lipinski definition) is 0. The number of ether oxygens (including phenoxy) is 3. The van der Waals surface area contributed by atoms with Gasteiger partial charge in [-0.15, -0.1) is 0 Å². The van der Waals surface area contributed by atoms with Gasteiger partial charge in [-0.05, 0) is 89.9 Å². The summed E-state index contributed by atoms with van der Waals surface area (Å²) in [7, 11) is 0. The molecule has 5 heteroatoms. The fourth-order valence-corrected chi connectivity index (χ4v) is 5.47. The number of rotatable bonds is 38. The summed E-state index contributed by atoms with van der Waals surface area (Å²) in [5.41, 5.74) is 0. The molecule has 0 aromatic rings. The van der Waals surface area contributed by atoms with E-state index in [1.54, 1.807) is 0 Å². The molecular formula is C47H80O5. The van der Waals surface area contributed by atoms with Crippen molar-refractivity contribution in [3.05, 3.63) is 72.9 Å². The summed E-state index contributed by atoms with van der Waals surface area (Å²) in [6.07, 6.45) is 53.4. The first-order valence-electron chi connectivity index (χ1n) is 21.5. The lowest BCUT2D eigenvalue weighted by Gasteiger charge is -2.18. The molecule has 0 bridgehead atoms. The lowest BCUT2D eigenvalue weighted by molar-refractivity contribution is -0.163. The molecule has 52 heavy (non-hydrogen) atoms. The van der Waals surface area contributed by atoms with Crippen molar-refractivity contribution in [3.8, 4) is 0 Å². The zero-order valence-corrected chi connectivity index (χ0v) is 34.1. The second-order valence-corrected chi connectivity index (χ2v) is 13.9. The van der Waals surface area contributed by atoms with E-state index >= 15 is 0 Å². The van der Waals surface area contributed by atoms with Gasteiger partial charge in [-0.2, -0.15) is 0 Å². The van der Waals surface area contributed by atoms with Gasteiger partial charge < -0.3 is 14.2 Å². The first-order valence-corrected chi connectivity index (χ1v) is 21.5. The molecule has 0 aliphatic heterocycles. The third kappa shape index (κ3) is 40.1. The summed E-state index contributed by atoms with van der Waals surface area (Å²) in [4.78, 5) is 25.1. The molecule has 1 atom stereocenters. The van der Waals surface area contributed by atoms with Crippen molar-refractivity contribution < 1.29 is 23.8 Å². The van der Waals surface area contributed by atoms with Gasteiger partial charge in [-0.1, -0.05) is 158 Å². The van der Waals surface area contributed by atoms with E-state index in [9.17, 15) is 9.59 Å². The Bertz CT molecular complexity index is 957. The lowest BCUT2D eigenvalue weighted by atomic mass is 10.1. The second-order valence-electron chi connectivity index (χ2n) is 13.9. The second kappa shape index (κ2) is 42.8. The van der Waals surface area contributed by atoms with E-state index in [1.807, 2.05) is 0 Å². The summed E-state index contributed by atoms with van der Waals surface area (Å²) in [6, 6.07) is 0. The van der Waals surface area contributed by atoms with Crippen LogP contribution in [-0.2, 0) is 23.8 Å². The van der Waals surface area contributed by atoms with Gasteiger partial charge in [0.15, 0.2) is 6.10 Å². The van der Waals surface area contributed by atoms with E-state index in [4.69, 9.17) is 14.2 Å². The van der Waals surface area contributed by atoms with Crippen LogP contribution in [0.1, 0.15) is 188 Å². The number of esters is 2. The van der Waals surface area contributed by atoms with Gasteiger partial charge in [0.2, 0.25) is 0 Å². The Hall–Kier alpha value is -2.66. The molecule has 0 saturated heterocycles. The zero-order valence-electron chi connectivity index (χ0n) is 34.1. The van der Waals surface area contributed by atoms with Crippen molar-refractivity contribution in [2.24, 2.45) is 0 Å². The van der Waals surface area contributed by atoms with Gasteiger partial charge >= 0.3 is 11.9 Å². The summed E-state index contributed by atoms with van der Waals surface area (Å²) >= 11 is 0. The highest BCUT2D eigenvalue weighted by molar-refractivity contribution is 5.70. The molecule has 1 unspecified atom stereocenters. The van der Waals surface area contributed by atoms with Crippen LogP contribution in [0.3, 0.4) is 0 Å². The summed E-state index contributed by atoms with van der Waals surface area (Å²) in [5, 5.41) is 0. The Morgan fingerprint density at radius 3 is 1.40 bits per heavy atom. The summed E-state index contributed by atoms with van der Waals surface area (Å²) < 4.78 is 17.2. The van der Waals surface area contributed by atoms with Crippen molar-refractivity contribution in [2.45, 2.75) is 194 Å². The van der Waals surface area contributed by atoms with Crippen molar-refractivity contribution >= 4 is 11.9 Å². The predicted octanol–water partition coefficient (Wildman–Crippen LogP) is 14.0. The van der Waals surface area contributed by atoms with Crippen LogP contribution in [0.25, 0.3) is 0 Å². The van der Waals surface area contributed by atoms with Crippen LogP contribution in [0.2, 0.25) is 0 Å². The lowest BCUT2D eigenvalue weighted by Crippen LogP contribution is -2.30. The van der Waals surface area contributed by atoms with Crippen LogP contribution >= 0.6 is 0 Å². The molecule has 5 nitrogen and oxygen atoms in total. The van der Waals surface area contributed by atoms with Crippen LogP contribution in [0.4, 0.5) is 0 Å². The van der Waals surface area contributed by atoms with Gasteiger partial charge in [-0.3, -0.25) is 9.59 Å². The molecule has 0 aliphatic carbocycles. The van der Waals surface area contributed by atoms with Crippen LogP contribution < -0.4 is 0 Å². The quantitative estimate of drug-likeness (QED) is 0.0360. The van der Waals surface area contributed by atoms with E-state index < -0.39 is 6.10 Å². The number of hydrogen-bond acceptors (Lipinski definition) is 5. The normalized spacial score (nSPS) is 12.9. The zero-order chi connectivity index (χ0) is 37.8. The van der Waals surface area contributed by atoms with Gasteiger partial charge in [-0.25, -0.2) is 0 Å². The Morgan fingerprint density at radius 1 is 0.442 bits per heavy atom. The van der Waals surface area contributed by atoms with Crippen molar-refractivity contribution in [2.75, 3.05) is 19.8 Å². The van der Waals surface area contributed by atoms with E-state index in [0.29, 0.717) is 19.4 Å². The fraction of sp³-hybridized carbons (Fsp3) is 0.702. The maximum atomic E-state index is 12.7. The molecule has 0 aliphatic rings. The van der Waals surface area contributed by atoms with Crippen LogP contribution in [0, 0.1) is 0 Å². The van der Waals surface area contributed by atoms with Crippen LogP contribution in [-0.4, -0.2) is 37.9 Å². The molecular weight excluding hydrogens is 645 g/mol. The Balaban J connectivity index is 4.38. The van der Waals surface area contributed by atoms with Gasteiger partial charge in [0, 0.05) is 19.4 Å². The van der Waals surface area contributed by atoms with Crippen molar-refractivity contribution in [3.63, 3.8) is 0 Å². The SMILES string of the molecule is CC/C=C\C/C=C\C/C=C\C/C=C\CCCOCC(COC(=O)CCCCCCC/C=C\CCCC)OC(=O)CCCCCCC/C=C\CCCC. The largest absolute Gasteiger partial charge is 0.462 e. The number of unbranched alkanes of at least 4 members (excludes halogenated alkanes) is 15. The van der Waals surface area contributed by atoms with Gasteiger partial charge in [0.25, 0.3) is 0 Å². The first kappa shape index (κ1) is 49.3. The minimum absolute atomic E-state index is 0.0532. The Morgan fingerprint density at radius 2 is 0.865 bits per heavy atom. The molecule has 0 amide bonds. The molecule has 0 radical (unpaired) electrons. The average Bonchev–Trinajstić information content (AvgIpc) is 3.14. The van der Waals surface area contributed by atoms with E-state index in [0.717, 1.165) is 89.9 Å². The number of carbonyl (C=O) groups excluding carboxylic acids is 2. The maximum absolute atomic E-state index is 12.7. The molecule has 0 saturated carbocycles. The molecule has 0 aromatic heterocycles. The third-order valence-corrected chi connectivity index (χ3v) is 8.70. The minimum atomic E-state index is -0.571. The van der Waals surface area contributed by atoms with Gasteiger partial charge in [0.05, 0.1) is 6.61 Å². The van der Waals surface area contributed by atoms with E-state index in [-0.39, 0.29) is 25.2 Å². The minimum Gasteiger partial charge on any atom is -0.462 e. The number of allylic oxidation sites excluding steroid dienone is 12. The predicted molar refractivity (Wildman–Crippen MR) is 224 cm³/mol. The van der Waals surface area contributed by atoms with E-state index in [1.165, 1.54) is 64.2 Å². The molecule has 298 valence electrons. The molecule has 0 N–H and O–H groups in total. The Kier molecular flexibility index (Phi) is 40.6. The van der Waals surface area contributed by atoms with Crippen LogP contribution in [0.15, 0.2) is 72.9 Å². The first-order chi connectivity index (χ1) is 25.6. The molecule has 0 spiro atoms. The summed E-state index contributed by atoms with van der Waals surface area (Å²) in [5.74, 6) is -0.456. The van der Waals surface area contributed by atoms with Crippen molar-refractivity contribution in [1.82, 2.24) is 0 Å². The van der Waals surface area contributed by atoms with Crippen LogP contribution in [0.5, 0.6) is 0 Å². The molecule has 0 aromatic carbocycles. The highest BCUT2D eigenvalue weighted by Crippen LogP contribution is 2.12. The third-order valence-electron chi connectivity index (χ3n) is 8.70. The smallest absolute Gasteiger partial charge is 0.306 e. The van der Waals surface area contributed by atoms with Gasteiger partial charge in [0.1, 0.15) is 6.61 Å². The molecule has 0 fully saturated rings. The number of carbonyl (C=O) groups is 2. The van der Waals surface area contributed by atoms with Crippen molar-refractivity contribution in [1.29, 1.82) is 0 Å².